The van der Waals surface area contributed by atoms with Gasteiger partial charge >= 0.3 is 0 Å². The number of aliphatic hydroxyl groups is 11. The van der Waals surface area contributed by atoms with Crippen LogP contribution in [0.1, 0.15) is 168 Å². The highest BCUT2D eigenvalue weighted by molar-refractivity contribution is 5.76. The molecule has 0 aliphatic carbocycles. The highest BCUT2D eigenvalue weighted by Crippen LogP contribution is 2.33. The highest BCUT2D eigenvalue weighted by atomic mass is 16.8. The lowest BCUT2D eigenvalue weighted by molar-refractivity contribution is -0.379. The molecule has 0 saturated carbocycles. The Morgan fingerprint density at radius 2 is 0.843 bits per heavy atom. The van der Waals surface area contributed by atoms with Crippen LogP contribution in [0.2, 0.25) is 0 Å². The van der Waals surface area contributed by atoms with Crippen molar-refractivity contribution in [3.05, 3.63) is 97.2 Å². The molecule has 83 heavy (non-hydrogen) atoms. The zero-order chi connectivity index (χ0) is 60.5. The number of ether oxygens (including phenoxy) is 6. The van der Waals surface area contributed by atoms with E-state index in [0.29, 0.717) is 19.3 Å². The number of hydrogen-bond acceptors (Lipinski definition) is 18. The molecule has 3 aliphatic rings. The molecular formula is C64H107NO18. The summed E-state index contributed by atoms with van der Waals surface area (Å²) in [4.78, 5) is 13.3. The molecule has 3 saturated heterocycles. The lowest BCUT2D eigenvalue weighted by atomic mass is 9.96. The number of carbonyl (C=O) groups is 1. The Balaban J connectivity index is 1.53. The molecule has 12 N–H and O–H groups in total. The molecule has 3 rings (SSSR count). The summed E-state index contributed by atoms with van der Waals surface area (Å²) < 4.78 is 34.2. The van der Waals surface area contributed by atoms with Gasteiger partial charge in [-0.2, -0.15) is 0 Å². The number of allylic oxidation sites excluding steroid dienone is 15. The molecule has 19 nitrogen and oxygen atoms in total. The van der Waals surface area contributed by atoms with Gasteiger partial charge in [0.05, 0.1) is 38.6 Å². The van der Waals surface area contributed by atoms with Gasteiger partial charge in [0.25, 0.3) is 0 Å². The van der Waals surface area contributed by atoms with Crippen LogP contribution in [-0.2, 0) is 33.2 Å². The van der Waals surface area contributed by atoms with Crippen molar-refractivity contribution in [2.75, 3.05) is 26.4 Å². The lowest BCUT2D eigenvalue weighted by Crippen LogP contribution is -2.66. The van der Waals surface area contributed by atoms with Crippen LogP contribution in [0, 0.1) is 0 Å². The SMILES string of the molecule is CC/C=C\C/C=C\C/C=C\C/C=C\C/C=C\CCCC(=O)NC(COC1OC(CO)C(OC2OC(CO)C(OC3OC(CO)C(O)C(O)C3O)C(O)C2O)C(O)C1O)C(O)/C=C/CC/C=C/CC/C=C/CCCCCCCCCCCCC. The molecule has 3 aliphatic heterocycles. The predicted molar refractivity (Wildman–Crippen MR) is 318 cm³/mol. The van der Waals surface area contributed by atoms with E-state index in [1.165, 1.54) is 70.6 Å². The molecule has 0 aromatic heterocycles. The van der Waals surface area contributed by atoms with E-state index in [-0.39, 0.29) is 12.3 Å². The number of rotatable bonds is 44. The first kappa shape index (κ1) is 74.0. The van der Waals surface area contributed by atoms with Crippen LogP contribution in [0.15, 0.2) is 97.2 Å². The molecule has 17 unspecified atom stereocenters. The van der Waals surface area contributed by atoms with Crippen LogP contribution >= 0.6 is 0 Å². The number of amides is 1. The second-order valence-corrected chi connectivity index (χ2v) is 21.8. The number of nitrogens with one attached hydrogen (secondary N) is 1. The molecule has 19 heteroatoms. The molecule has 3 fully saturated rings. The van der Waals surface area contributed by atoms with Crippen molar-refractivity contribution in [2.24, 2.45) is 0 Å². The fourth-order valence-corrected chi connectivity index (χ4v) is 9.79. The van der Waals surface area contributed by atoms with Gasteiger partial charge in [-0.05, 0) is 83.5 Å². The topological polar surface area (TPSA) is 307 Å². The molecule has 0 aromatic carbocycles. The van der Waals surface area contributed by atoms with Crippen molar-refractivity contribution in [2.45, 2.75) is 272 Å². The maximum Gasteiger partial charge on any atom is 0.220 e. The standard InChI is InChI=1S/C64H107NO18/c1-3-5-7-9-11-13-15-17-19-21-22-23-24-26-27-29-31-33-35-37-39-41-48(69)47(65-52(70)42-40-38-36-34-32-30-28-25-20-18-16-14-12-10-8-6-4-2)46-78-62-58(76)55(73)60(50(44-67)80-62)83-64-59(77)56(74)61(51(45-68)81-64)82-63-57(75)54(72)53(71)49(43-66)79-63/h6,8,12,14,18,20,24,26,28,30-31,33-34,36,39,41,47-51,53-64,66-69,71-77H,3-5,7,9-11,13,15-17,19,21-23,25,27,29,32,35,37-38,40,42-46H2,1-2H3,(H,65,70)/b8-6-,14-12-,20-18-,26-24+,30-28-,33-31+,36-34-,41-39+. The molecule has 0 aromatic rings. The van der Waals surface area contributed by atoms with Crippen LogP contribution in [0.3, 0.4) is 0 Å². The Morgan fingerprint density at radius 3 is 1.35 bits per heavy atom. The van der Waals surface area contributed by atoms with Crippen molar-refractivity contribution in [3.63, 3.8) is 0 Å². The van der Waals surface area contributed by atoms with Crippen molar-refractivity contribution in [1.82, 2.24) is 5.32 Å². The van der Waals surface area contributed by atoms with Gasteiger partial charge in [-0.25, -0.2) is 0 Å². The fourth-order valence-electron chi connectivity index (χ4n) is 9.79. The van der Waals surface area contributed by atoms with Crippen LogP contribution < -0.4 is 5.32 Å². The zero-order valence-corrected chi connectivity index (χ0v) is 49.6. The zero-order valence-electron chi connectivity index (χ0n) is 49.6. The van der Waals surface area contributed by atoms with Gasteiger partial charge in [0.2, 0.25) is 5.91 Å². The van der Waals surface area contributed by atoms with E-state index >= 15 is 0 Å². The van der Waals surface area contributed by atoms with Crippen LogP contribution in [-0.4, -0.2) is 193 Å². The largest absolute Gasteiger partial charge is 0.394 e. The smallest absolute Gasteiger partial charge is 0.220 e. The summed E-state index contributed by atoms with van der Waals surface area (Å²) in [5.74, 6) is -0.351. The third-order valence-electron chi connectivity index (χ3n) is 14.8. The van der Waals surface area contributed by atoms with Gasteiger partial charge in [-0.3, -0.25) is 4.79 Å². The van der Waals surface area contributed by atoms with E-state index in [9.17, 15) is 61.0 Å². The number of carbonyl (C=O) groups excluding carboxylic acids is 1. The molecule has 1 amide bonds. The second-order valence-electron chi connectivity index (χ2n) is 21.8. The minimum atomic E-state index is -1.99. The molecule has 0 spiro atoms. The summed E-state index contributed by atoms with van der Waals surface area (Å²) in [5, 5.41) is 120. The molecule has 17 atom stereocenters. The van der Waals surface area contributed by atoms with Crippen molar-refractivity contribution < 1.29 is 89.4 Å². The number of unbranched alkanes of at least 4 members (excludes halogenated alkanes) is 14. The Hall–Kier alpha value is -3.29. The summed E-state index contributed by atoms with van der Waals surface area (Å²) in [5.41, 5.74) is 0. The molecule has 0 radical (unpaired) electrons. The van der Waals surface area contributed by atoms with Gasteiger partial charge in [0, 0.05) is 6.42 Å². The monoisotopic (exact) mass is 1180 g/mol. The maximum atomic E-state index is 13.3. The van der Waals surface area contributed by atoms with E-state index in [1.807, 2.05) is 18.2 Å². The third kappa shape index (κ3) is 29.3. The van der Waals surface area contributed by atoms with Gasteiger partial charge in [0.1, 0.15) is 73.2 Å². The summed E-state index contributed by atoms with van der Waals surface area (Å²) in [6, 6.07) is -1.03. The van der Waals surface area contributed by atoms with Gasteiger partial charge in [0.15, 0.2) is 18.9 Å². The van der Waals surface area contributed by atoms with Gasteiger partial charge in [-0.1, -0.05) is 175 Å². The van der Waals surface area contributed by atoms with Crippen LogP contribution in [0.25, 0.3) is 0 Å². The summed E-state index contributed by atoms with van der Waals surface area (Å²) >= 11 is 0. The van der Waals surface area contributed by atoms with Crippen molar-refractivity contribution >= 4 is 5.91 Å². The minimum Gasteiger partial charge on any atom is -0.394 e. The second kappa shape index (κ2) is 45.9. The van der Waals surface area contributed by atoms with Crippen LogP contribution in [0.5, 0.6) is 0 Å². The molecule has 3 heterocycles. The average Bonchev–Trinajstić information content (AvgIpc) is 3.35. The predicted octanol–water partition coefficient (Wildman–Crippen LogP) is 6.15. The average molecular weight is 1180 g/mol. The fraction of sp³-hybridized carbons (Fsp3) is 0.734. The van der Waals surface area contributed by atoms with Gasteiger partial charge in [-0.15, -0.1) is 0 Å². The highest BCUT2D eigenvalue weighted by Gasteiger charge is 2.53. The number of hydrogen-bond donors (Lipinski definition) is 12. The quantitative estimate of drug-likeness (QED) is 0.0241. The Labute approximate surface area is 494 Å². The Bertz CT molecular complexity index is 1890. The van der Waals surface area contributed by atoms with E-state index in [4.69, 9.17) is 28.4 Å². The molecule has 0 bridgehead atoms. The van der Waals surface area contributed by atoms with Crippen LogP contribution in [0.4, 0.5) is 0 Å². The minimum absolute atomic E-state index is 0.148. The normalized spacial score (nSPS) is 30.1. The van der Waals surface area contributed by atoms with E-state index in [2.05, 4.69) is 92.1 Å². The van der Waals surface area contributed by atoms with Crippen molar-refractivity contribution in [1.29, 1.82) is 0 Å². The Kier molecular flexibility index (Phi) is 40.9. The molecule has 476 valence electrons. The summed E-state index contributed by atoms with van der Waals surface area (Å²) in [7, 11) is 0. The number of aliphatic hydroxyl groups excluding tert-OH is 11. The first-order valence-electron chi connectivity index (χ1n) is 31.0. The summed E-state index contributed by atoms with van der Waals surface area (Å²) in [6.45, 7) is 1.52. The summed E-state index contributed by atoms with van der Waals surface area (Å²) in [6.07, 6.45) is 31.1. The maximum absolute atomic E-state index is 13.3. The van der Waals surface area contributed by atoms with E-state index in [0.717, 1.165) is 57.8 Å². The lowest BCUT2D eigenvalue weighted by Gasteiger charge is -2.48. The first-order valence-corrected chi connectivity index (χ1v) is 31.0. The Morgan fingerprint density at radius 1 is 0.446 bits per heavy atom. The van der Waals surface area contributed by atoms with E-state index < -0.39 is 131 Å². The molecular weight excluding hydrogens is 1070 g/mol. The van der Waals surface area contributed by atoms with E-state index in [1.54, 1.807) is 6.08 Å². The first-order chi connectivity index (χ1) is 40.3. The van der Waals surface area contributed by atoms with Crippen molar-refractivity contribution in [3.8, 4) is 0 Å². The van der Waals surface area contributed by atoms with Gasteiger partial charge < -0.3 is 89.9 Å². The third-order valence-corrected chi connectivity index (χ3v) is 14.8.